The molecule has 1 aliphatic heterocycles. The molecule has 1 amide bonds. The second-order valence-corrected chi connectivity index (χ2v) is 7.87. The predicted molar refractivity (Wildman–Crippen MR) is 102 cm³/mol. The van der Waals surface area contributed by atoms with Crippen LogP contribution in [0.2, 0.25) is 0 Å². The van der Waals surface area contributed by atoms with E-state index >= 15 is 0 Å². The van der Waals surface area contributed by atoms with E-state index in [0.717, 1.165) is 9.47 Å². The van der Waals surface area contributed by atoms with Crippen molar-refractivity contribution in [3.63, 3.8) is 0 Å². The highest BCUT2D eigenvalue weighted by Crippen LogP contribution is 2.29. The quantitative estimate of drug-likeness (QED) is 0.178. The van der Waals surface area contributed by atoms with Crippen LogP contribution in [0.1, 0.15) is 28.4 Å². The molecule has 0 aliphatic carbocycles. The van der Waals surface area contributed by atoms with Gasteiger partial charge < -0.3 is 35.4 Å². The second-order valence-electron chi connectivity index (χ2n) is 6.84. The van der Waals surface area contributed by atoms with Gasteiger partial charge in [-0.1, -0.05) is 0 Å². The summed E-state index contributed by atoms with van der Waals surface area (Å²) in [6.07, 6.45) is -5.31. The number of rotatable bonds is 4. The van der Waals surface area contributed by atoms with Crippen LogP contribution in [0, 0.1) is 17.5 Å². The maximum atomic E-state index is 13.7. The topological polar surface area (TPSA) is 203 Å². The van der Waals surface area contributed by atoms with Crippen LogP contribution in [-0.4, -0.2) is 64.1 Å². The smallest absolute Gasteiger partial charge is 0.412 e. The van der Waals surface area contributed by atoms with Crippen LogP contribution in [0.25, 0.3) is 0 Å². The maximum absolute atomic E-state index is 13.7. The molecule has 0 unspecified atom stereocenters. The molecule has 0 radical (unpaired) electrons. The molecule has 0 bridgehead atoms. The summed E-state index contributed by atoms with van der Waals surface area (Å²) in [5.74, 6) is -7.36. The summed E-state index contributed by atoms with van der Waals surface area (Å²) < 4.78 is 88.2. The van der Waals surface area contributed by atoms with Gasteiger partial charge in [0.05, 0.1) is 18.2 Å². The lowest BCUT2D eigenvalue weighted by atomic mass is 10.0. The molecule has 0 saturated carbocycles. The van der Waals surface area contributed by atoms with Gasteiger partial charge in [-0.05, 0) is 6.07 Å². The van der Waals surface area contributed by atoms with Crippen LogP contribution >= 0.6 is 7.82 Å². The first-order valence-corrected chi connectivity index (χ1v) is 10.5. The van der Waals surface area contributed by atoms with Crippen molar-refractivity contribution in [1.82, 2.24) is 19.7 Å². The van der Waals surface area contributed by atoms with Gasteiger partial charge >= 0.3 is 14.0 Å². The number of nitrogens with two attached hydrogens (primary N) is 1. The summed E-state index contributed by atoms with van der Waals surface area (Å²) in [6, 6.07) is -1.03. The Labute approximate surface area is 191 Å². The Morgan fingerprint density at radius 3 is 2.14 bits per heavy atom. The number of amides is 1. The van der Waals surface area contributed by atoms with Crippen LogP contribution in [0.3, 0.4) is 0 Å². The molecule has 2 aromatic rings. The molecule has 2 heterocycles. The Morgan fingerprint density at radius 1 is 1.06 bits per heavy atom. The standard InChI is InChI=1S/C16H13F6N5O2.H3O4P.H2O/c17-8-4-10(19)9(18)3-7(8)14(29)11(23)5-13(28)26-1-2-27-12(6-26)24-25-15(27)16(20,21)22;1-5(2,3)4;/h3-4,11H,1-2,5-6,23H2;(H3,1,2,3,4);1H2/t11-;;/m0../s1. The average Bonchev–Trinajstić information content (AvgIpc) is 3.12. The van der Waals surface area contributed by atoms with E-state index in [-0.39, 0.29) is 37.0 Å². The van der Waals surface area contributed by atoms with E-state index < -0.39 is 67.0 Å². The third kappa shape index (κ3) is 8.08. The fourth-order valence-electron chi connectivity index (χ4n) is 2.90. The molecule has 1 atom stereocenters. The van der Waals surface area contributed by atoms with E-state index in [1.165, 1.54) is 0 Å². The van der Waals surface area contributed by atoms with Gasteiger partial charge in [0, 0.05) is 25.6 Å². The molecule has 0 fully saturated rings. The second kappa shape index (κ2) is 11.2. The number of nitrogens with zero attached hydrogens (tertiary/aromatic N) is 4. The van der Waals surface area contributed by atoms with Gasteiger partial charge in [0.1, 0.15) is 5.82 Å². The number of hydrogen-bond acceptors (Lipinski definition) is 6. The van der Waals surface area contributed by atoms with E-state index in [2.05, 4.69) is 10.2 Å². The zero-order valence-electron chi connectivity index (χ0n) is 17.2. The lowest BCUT2D eigenvalue weighted by Crippen LogP contribution is -2.43. The van der Waals surface area contributed by atoms with E-state index in [1.807, 2.05) is 0 Å². The van der Waals surface area contributed by atoms with Gasteiger partial charge in [-0.15, -0.1) is 10.2 Å². The Bertz CT molecular complexity index is 1130. The summed E-state index contributed by atoms with van der Waals surface area (Å²) in [7, 11) is -4.64. The third-order valence-corrected chi connectivity index (χ3v) is 4.37. The molecule has 7 N–H and O–H groups in total. The Morgan fingerprint density at radius 2 is 1.60 bits per heavy atom. The summed E-state index contributed by atoms with van der Waals surface area (Å²) in [5, 5.41) is 6.50. The number of fused-ring (bicyclic) bond motifs is 1. The number of phosphoric acid groups is 1. The monoisotopic (exact) mass is 537 g/mol. The number of aromatic nitrogens is 3. The van der Waals surface area contributed by atoms with Crippen LogP contribution in [0.5, 0.6) is 0 Å². The van der Waals surface area contributed by atoms with E-state index in [1.54, 1.807) is 0 Å². The first-order valence-electron chi connectivity index (χ1n) is 8.98. The van der Waals surface area contributed by atoms with Crippen LogP contribution in [0.4, 0.5) is 26.3 Å². The molecular formula is C16H18F6N5O7P. The third-order valence-electron chi connectivity index (χ3n) is 4.37. The molecule has 12 nitrogen and oxygen atoms in total. The first kappa shape index (κ1) is 30.1. The average molecular weight is 537 g/mol. The molecule has 196 valence electrons. The Kier molecular flexibility index (Phi) is 9.67. The van der Waals surface area contributed by atoms with Crippen molar-refractivity contribution in [2.24, 2.45) is 5.73 Å². The summed E-state index contributed by atoms with van der Waals surface area (Å²) in [6.45, 7) is -0.625. The van der Waals surface area contributed by atoms with Crippen molar-refractivity contribution in [1.29, 1.82) is 0 Å². The van der Waals surface area contributed by atoms with Gasteiger partial charge in [0.2, 0.25) is 11.7 Å². The number of Topliss-reactive ketones (excluding diaryl/α,β-unsaturated/α-hetero) is 1. The minimum absolute atomic E-state index is 0. The Hall–Kier alpha value is -2.89. The summed E-state index contributed by atoms with van der Waals surface area (Å²) >= 11 is 0. The number of halogens is 6. The highest BCUT2D eigenvalue weighted by molar-refractivity contribution is 7.45. The number of hydrogen-bond donors (Lipinski definition) is 4. The molecule has 1 aromatic heterocycles. The fourth-order valence-corrected chi connectivity index (χ4v) is 2.90. The molecule has 19 heteroatoms. The SMILES string of the molecule is N[C@@H](CC(=O)N1CCn2c(nnc2C(F)(F)F)C1)C(=O)c1cc(F)c(F)cc1F.O.O=P(O)(O)O. The fraction of sp³-hybridized carbons (Fsp3) is 0.375. The van der Waals surface area contributed by atoms with Crippen molar-refractivity contribution in [3.8, 4) is 0 Å². The largest absolute Gasteiger partial charge is 0.466 e. The van der Waals surface area contributed by atoms with Crippen molar-refractivity contribution in [2.75, 3.05) is 6.54 Å². The molecule has 35 heavy (non-hydrogen) atoms. The highest BCUT2D eigenvalue weighted by atomic mass is 31.2. The van der Waals surface area contributed by atoms with Gasteiger partial charge in [-0.25, -0.2) is 17.7 Å². The van der Waals surface area contributed by atoms with Gasteiger partial charge in [-0.2, -0.15) is 13.2 Å². The lowest BCUT2D eigenvalue weighted by molar-refractivity contribution is -0.148. The molecular weight excluding hydrogens is 519 g/mol. The lowest BCUT2D eigenvalue weighted by Gasteiger charge is -2.28. The number of benzene rings is 1. The molecule has 0 saturated heterocycles. The molecule has 1 aliphatic rings. The van der Waals surface area contributed by atoms with E-state index in [4.69, 9.17) is 25.0 Å². The number of carbonyl (C=O) groups is 2. The normalized spacial score (nSPS) is 14.3. The summed E-state index contributed by atoms with van der Waals surface area (Å²) in [5.41, 5.74) is 4.80. The zero-order chi connectivity index (χ0) is 26.0. The zero-order valence-corrected chi connectivity index (χ0v) is 18.1. The molecule has 3 rings (SSSR count). The first-order chi connectivity index (χ1) is 15.5. The maximum Gasteiger partial charge on any atom is 0.466 e. The number of alkyl halides is 3. The van der Waals surface area contributed by atoms with Crippen LogP contribution in [0.15, 0.2) is 12.1 Å². The van der Waals surface area contributed by atoms with Gasteiger partial charge in [0.25, 0.3) is 0 Å². The predicted octanol–water partition coefficient (Wildman–Crippen LogP) is -0.0966. The van der Waals surface area contributed by atoms with Crippen molar-refractivity contribution >= 4 is 19.5 Å². The minimum Gasteiger partial charge on any atom is -0.412 e. The number of carbonyl (C=O) groups excluding carboxylic acids is 2. The minimum atomic E-state index is -4.69. The van der Waals surface area contributed by atoms with Crippen LogP contribution in [-0.2, 0) is 28.6 Å². The number of ketones is 1. The highest BCUT2D eigenvalue weighted by Gasteiger charge is 2.40. The Balaban J connectivity index is 0.000000927. The molecule has 1 aromatic carbocycles. The van der Waals surface area contributed by atoms with Crippen molar-refractivity contribution in [3.05, 3.63) is 46.8 Å². The van der Waals surface area contributed by atoms with E-state index in [0.29, 0.717) is 6.07 Å². The van der Waals surface area contributed by atoms with Crippen LogP contribution < -0.4 is 5.73 Å². The van der Waals surface area contributed by atoms with Crippen molar-refractivity contribution in [2.45, 2.75) is 31.7 Å². The van der Waals surface area contributed by atoms with Crippen molar-refractivity contribution < 1.29 is 60.7 Å². The van der Waals surface area contributed by atoms with Gasteiger partial charge in [-0.3, -0.25) is 9.59 Å². The van der Waals surface area contributed by atoms with E-state index in [9.17, 15) is 35.9 Å². The molecule has 0 spiro atoms. The summed E-state index contributed by atoms with van der Waals surface area (Å²) in [4.78, 5) is 47.2. The van der Waals surface area contributed by atoms with Gasteiger partial charge in [0.15, 0.2) is 23.2 Å².